The van der Waals surface area contributed by atoms with Crippen LogP contribution in [0.1, 0.15) is 18.1 Å². The lowest BCUT2D eigenvalue weighted by atomic mass is 10.1. The summed E-state index contributed by atoms with van der Waals surface area (Å²) < 4.78 is 5.37. The van der Waals surface area contributed by atoms with Gasteiger partial charge in [-0.05, 0) is 18.1 Å². The predicted octanol–water partition coefficient (Wildman–Crippen LogP) is 2.94. The van der Waals surface area contributed by atoms with Gasteiger partial charge in [-0.25, -0.2) is 0 Å². The summed E-state index contributed by atoms with van der Waals surface area (Å²) in [5.74, 6) is 0.190. The van der Waals surface area contributed by atoms with E-state index in [1.165, 1.54) is 11.1 Å². The molecule has 1 fully saturated rings. The molecule has 0 unspecified atom stereocenters. The van der Waals surface area contributed by atoms with Crippen molar-refractivity contribution < 1.29 is 9.53 Å². The molecular formula is C21H26N2O2. The van der Waals surface area contributed by atoms with Gasteiger partial charge < -0.3 is 9.64 Å². The fraction of sp³-hybridized carbons (Fsp3) is 0.381. The van der Waals surface area contributed by atoms with E-state index in [0.29, 0.717) is 26.3 Å². The van der Waals surface area contributed by atoms with E-state index in [2.05, 4.69) is 29.2 Å². The van der Waals surface area contributed by atoms with E-state index in [-0.39, 0.29) is 11.9 Å². The van der Waals surface area contributed by atoms with E-state index < -0.39 is 0 Å². The minimum atomic E-state index is -0.168. The Morgan fingerprint density at radius 2 is 1.44 bits per heavy atom. The molecule has 0 radical (unpaired) electrons. The standard InChI is InChI=1S/C21H26N2O2/c1-18(21(24)22-12-14-25-15-13-22)23(16-19-8-4-2-5-9-19)17-20-10-6-3-7-11-20/h2-11,18H,12-17H2,1H3/t18-/m0/s1. The average Bonchev–Trinajstić information content (AvgIpc) is 2.68. The van der Waals surface area contributed by atoms with Gasteiger partial charge in [0.15, 0.2) is 0 Å². The first kappa shape index (κ1) is 17.6. The third-order valence-electron chi connectivity index (χ3n) is 4.68. The number of hydrogen-bond acceptors (Lipinski definition) is 3. The number of carbonyl (C=O) groups excluding carboxylic acids is 1. The number of amides is 1. The van der Waals surface area contributed by atoms with Crippen LogP contribution in [0.25, 0.3) is 0 Å². The number of benzene rings is 2. The first-order valence-electron chi connectivity index (χ1n) is 8.92. The number of rotatable bonds is 6. The minimum Gasteiger partial charge on any atom is -0.378 e. The van der Waals surface area contributed by atoms with Gasteiger partial charge in [-0.1, -0.05) is 60.7 Å². The van der Waals surface area contributed by atoms with Crippen molar-refractivity contribution in [1.82, 2.24) is 9.80 Å². The van der Waals surface area contributed by atoms with Crippen LogP contribution < -0.4 is 0 Å². The summed E-state index contributed by atoms with van der Waals surface area (Å²) in [7, 11) is 0. The Morgan fingerprint density at radius 1 is 0.960 bits per heavy atom. The third-order valence-corrected chi connectivity index (χ3v) is 4.68. The van der Waals surface area contributed by atoms with Gasteiger partial charge in [-0.3, -0.25) is 9.69 Å². The number of morpholine rings is 1. The van der Waals surface area contributed by atoms with E-state index in [9.17, 15) is 4.79 Å². The maximum absolute atomic E-state index is 12.9. The van der Waals surface area contributed by atoms with Gasteiger partial charge in [0.05, 0.1) is 19.3 Å². The molecule has 2 aromatic carbocycles. The molecule has 0 aliphatic carbocycles. The first-order valence-corrected chi connectivity index (χ1v) is 8.92. The highest BCUT2D eigenvalue weighted by Gasteiger charge is 2.27. The van der Waals surface area contributed by atoms with Crippen molar-refractivity contribution >= 4 is 5.91 Å². The van der Waals surface area contributed by atoms with Crippen LogP contribution >= 0.6 is 0 Å². The molecule has 132 valence electrons. The predicted molar refractivity (Wildman–Crippen MR) is 99.0 cm³/mol. The van der Waals surface area contributed by atoms with E-state index in [0.717, 1.165) is 13.1 Å². The smallest absolute Gasteiger partial charge is 0.239 e. The minimum absolute atomic E-state index is 0.168. The maximum atomic E-state index is 12.9. The van der Waals surface area contributed by atoms with Gasteiger partial charge in [0, 0.05) is 26.2 Å². The Hall–Kier alpha value is -2.17. The molecule has 0 spiro atoms. The Kier molecular flexibility index (Phi) is 6.20. The van der Waals surface area contributed by atoms with E-state index in [4.69, 9.17) is 4.74 Å². The fourth-order valence-electron chi connectivity index (χ4n) is 3.17. The molecule has 1 saturated heterocycles. The highest BCUT2D eigenvalue weighted by molar-refractivity contribution is 5.81. The summed E-state index contributed by atoms with van der Waals surface area (Å²) in [5.41, 5.74) is 2.44. The van der Waals surface area contributed by atoms with Crippen molar-refractivity contribution in [3.05, 3.63) is 71.8 Å². The Morgan fingerprint density at radius 3 is 1.92 bits per heavy atom. The zero-order valence-electron chi connectivity index (χ0n) is 14.8. The van der Waals surface area contributed by atoms with Crippen LogP contribution in [0.5, 0.6) is 0 Å². The molecule has 4 nitrogen and oxygen atoms in total. The van der Waals surface area contributed by atoms with Crippen molar-refractivity contribution in [3.63, 3.8) is 0 Å². The second-order valence-electron chi connectivity index (χ2n) is 6.49. The fourth-order valence-corrected chi connectivity index (χ4v) is 3.17. The van der Waals surface area contributed by atoms with Crippen LogP contribution in [0.15, 0.2) is 60.7 Å². The molecular weight excluding hydrogens is 312 g/mol. The molecule has 1 aliphatic heterocycles. The van der Waals surface area contributed by atoms with Crippen molar-refractivity contribution in [2.24, 2.45) is 0 Å². The van der Waals surface area contributed by atoms with Crippen molar-refractivity contribution in [3.8, 4) is 0 Å². The summed E-state index contributed by atoms with van der Waals surface area (Å²) >= 11 is 0. The molecule has 3 rings (SSSR count). The molecule has 0 N–H and O–H groups in total. The van der Waals surface area contributed by atoms with Gasteiger partial charge >= 0.3 is 0 Å². The Balaban J connectivity index is 1.75. The van der Waals surface area contributed by atoms with Crippen LogP contribution in [0, 0.1) is 0 Å². The molecule has 25 heavy (non-hydrogen) atoms. The molecule has 1 aliphatic rings. The molecule has 0 aromatic heterocycles. The number of ether oxygens (including phenoxy) is 1. The monoisotopic (exact) mass is 338 g/mol. The molecule has 1 amide bonds. The van der Waals surface area contributed by atoms with Crippen molar-refractivity contribution in [1.29, 1.82) is 0 Å². The summed E-state index contributed by atoms with van der Waals surface area (Å²) in [4.78, 5) is 17.1. The maximum Gasteiger partial charge on any atom is 0.239 e. The van der Waals surface area contributed by atoms with Gasteiger partial charge in [-0.15, -0.1) is 0 Å². The number of carbonyl (C=O) groups is 1. The van der Waals surface area contributed by atoms with E-state index in [1.807, 2.05) is 48.2 Å². The molecule has 2 aromatic rings. The van der Waals surface area contributed by atoms with E-state index in [1.54, 1.807) is 0 Å². The van der Waals surface area contributed by atoms with Gasteiger partial charge in [0.1, 0.15) is 0 Å². The number of hydrogen-bond donors (Lipinski definition) is 0. The van der Waals surface area contributed by atoms with Crippen LogP contribution in [-0.4, -0.2) is 48.1 Å². The van der Waals surface area contributed by atoms with Gasteiger partial charge in [0.25, 0.3) is 0 Å². The summed E-state index contributed by atoms with van der Waals surface area (Å²) in [6.45, 7) is 6.18. The zero-order valence-corrected chi connectivity index (χ0v) is 14.8. The lowest BCUT2D eigenvalue weighted by Gasteiger charge is -2.34. The summed E-state index contributed by atoms with van der Waals surface area (Å²) in [5, 5.41) is 0. The highest BCUT2D eigenvalue weighted by Crippen LogP contribution is 2.15. The number of nitrogens with zero attached hydrogens (tertiary/aromatic N) is 2. The van der Waals surface area contributed by atoms with E-state index >= 15 is 0 Å². The largest absolute Gasteiger partial charge is 0.378 e. The molecule has 4 heteroatoms. The lowest BCUT2D eigenvalue weighted by molar-refractivity contribution is -0.141. The molecule has 1 atom stereocenters. The highest BCUT2D eigenvalue weighted by atomic mass is 16.5. The second kappa shape index (κ2) is 8.79. The van der Waals surface area contributed by atoms with Gasteiger partial charge in [0.2, 0.25) is 5.91 Å². The van der Waals surface area contributed by atoms with Crippen LogP contribution in [-0.2, 0) is 22.6 Å². The quantitative estimate of drug-likeness (QED) is 0.812. The lowest BCUT2D eigenvalue weighted by Crippen LogP contribution is -2.50. The SMILES string of the molecule is C[C@@H](C(=O)N1CCOCC1)N(Cc1ccccc1)Cc1ccccc1. The summed E-state index contributed by atoms with van der Waals surface area (Å²) in [6, 6.07) is 20.5. The van der Waals surface area contributed by atoms with Crippen LogP contribution in [0.3, 0.4) is 0 Å². The Labute approximate surface area is 150 Å². The molecule has 0 bridgehead atoms. The van der Waals surface area contributed by atoms with Crippen molar-refractivity contribution in [2.45, 2.75) is 26.1 Å². The van der Waals surface area contributed by atoms with Crippen LogP contribution in [0.4, 0.5) is 0 Å². The van der Waals surface area contributed by atoms with Crippen LogP contribution in [0.2, 0.25) is 0 Å². The third kappa shape index (κ3) is 4.91. The first-order chi connectivity index (χ1) is 12.2. The topological polar surface area (TPSA) is 32.8 Å². The average molecular weight is 338 g/mol. The second-order valence-corrected chi connectivity index (χ2v) is 6.49. The normalized spacial score (nSPS) is 16.0. The van der Waals surface area contributed by atoms with Gasteiger partial charge in [-0.2, -0.15) is 0 Å². The summed E-state index contributed by atoms with van der Waals surface area (Å²) in [6.07, 6.45) is 0. The molecule has 1 heterocycles. The van der Waals surface area contributed by atoms with Crippen molar-refractivity contribution in [2.75, 3.05) is 26.3 Å². The molecule has 0 saturated carbocycles. The Bertz CT molecular complexity index is 613. The zero-order chi connectivity index (χ0) is 17.5.